The first-order valence-corrected chi connectivity index (χ1v) is 7.59. The maximum absolute atomic E-state index is 13.4. The zero-order chi connectivity index (χ0) is 16.1. The molecule has 1 aliphatic rings. The number of amides is 2. The molecule has 2 rings (SSSR count). The number of likely N-dealkylation sites (tertiary alicyclic amines) is 1. The van der Waals surface area contributed by atoms with Gasteiger partial charge >= 0.3 is 6.03 Å². The molecule has 1 atom stereocenters. The van der Waals surface area contributed by atoms with Crippen molar-refractivity contribution in [2.45, 2.75) is 32.7 Å². The molecule has 1 heterocycles. The molecule has 1 saturated heterocycles. The molecule has 0 bridgehead atoms. The maximum Gasteiger partial charge on any atom is 0.317 e. The number of hydrogen-bond donors (Lipinski definition) is 1. The van der Waals surface area contributed by atoms with Crippen LogP contribution >= 0.6 is 0 Å². The van der Waals surface area contributed by atoms with E-state index in [2.05, 4.69) is 12.2 Å². The van der Waals surface area contributed by atoms with Gasteiger partial charge in [0, 0.05) is 19.2 Å². The number of nitrogens with zero attached hydrogens (tertiary/aromatic N) is 1. The van der Waals surface area contributed by atoms with Crippen LogP contribution < -0.4 is 10.1 Å². The number of halogens is 2. The third kappa shape index (κ3) is 4.58. The van der Waals surface area contributed by atoms with Crippen LogP contribution in [0.1, 0.15) is 26.7 Å². The highest BCUT2D eigenvalue weighted by Gasteiger charge is 2.21. The van der Waals surface area contributed by atoms with Crippen LogP contribution in [0, 0.1) is 17.6 Å². The molecule has 1 aromatic carbocycles. The van der Waals surface area contributed by atoms with E-state index in [-0.39, 0.29) is 24.4 Å². The Kier molecular flexibility index (Phi) is 5.57. The summed E-state index contributed by atoms with van der Waals surface area (Å²) in [6.45, 7) is 5.60. The molecule has 1 aliphatic heterocycles. The predicted molar refractivity (Wildman–Crippen MR) is 79.8 cm³/mol. The number of benzene rings is 1. The number of carbonyl (C=O) groups excluding carboxylic acids is 1. The lowest BCUT2D eigenvalue weighted by Crippen LogP contribution is -2.48. The van der Waals surface area contributed by atoms with E-state index in [1.807, 2.05) is 0 Å². The molecule has 0 aliphatic carbocycles. The van der Waals surface area contributed by atoms with Crippen molar-refractivity contribution in [1.29, 1.82) is 0 Å². The Bertz CT molecular complexity index is 517. The standard InChI is InChI=1S/C16H22F2N2O2/c1-11-5-7-20(8-6-11)16(21)19-12(2)10-22-15-4-3-13(17)9-14(15)18/h3-4,9,11-12H,5-8,10H2,1-2H3,(H,19,21). The van der Waals surface area contributed by atoms with Crippen molar-refractivity contribution < 1.29 is 18.3 Å². The number of nitrogens with one attached hydrogen (secondary N) is 1. The van der Waals surface area contributed by atoms with Crippen molar-refractivity contribution in [2.24, 2.45) is 5.92 Å². The van der Waals surface area contributed by atoms with Crippen molar-refractivity contribution in [3.63, 3.8) is 0 Å². The monoisotopic (exact) mass is 312 g/mol. The number of piperidine rings is 1. The second kappa shape index (κ2) is 7.42. The topological polar surface area (TPSA) is 41.6 Å². The summed E-state index contributed by atoms with van der Waals surface area (Å²) in [6, 6.07) is 2.76. The molecule has 0 spiro atoms. The number of urea groups is 1. The molecule has 0 saturated carbocycles. The van der Waals surface area contributed by atoms with E-state index < -0.39 is 11.6 Å². The van der Waals surface area contributed by atoms with Crippen LogP contribution in [0.25, 0.3) is 0 Å². The van der Waals surface area contributed by atoms with Crippen LogP contribution in [0.4, 0.5) is 13.6 Å². The van der Waals surface area contributed by atoms with Gasteiger partial charge in [0.2, 0.25) is 0 Å². The smallest absolute Gasteiger partial charge is 0.317 e. The molecule has 1 N–H and O–H groups in total. The largest absolute Gasteiger partial charge is 0.488 e. The minimum atomic E-state index is -0.747. The van der Waals surface area contributed by atoms with Crippen LogP contribution in [0.2, 0.25) is 0 Å². The molecule has 22 heavy (non-hydrogen) atoms. The summed E-state index contributed by atoms with van der Waals surface area (Å²) < 4.78 is 31.5. The van der Waals surface area contributed by atoms with E-state index in [0.29, 0.717) is 5.92 Å². The first kappa shape index (κ1) is 16.5. The molecular formula is C16H22F2N2O2. The Labute approximate surface area is 129 Å². The van der Waals surface area contributed by atoms with Gasteiger partial charge in [0.15, 0.2) is 11.6 Å². The van der Waals surface area contributed by atoms with Crippen LogP contribution in [0.15, 0.2) is 18.2 Å². The lowest BCUT2D eigenvalue weighted by molar-refractivity contribution is 0.165. The summed E-state index contributed by atoms with van der Waals surface area (Å²) in [5.41, 5.74) is 0. The summed E-state index contributed by atoms with van der Waals surface area (Å²) in [5, 5.41) is 2.83. The Morgan fingerprint density at radius 3 is 2.73 bits per heavy atom. The van der Waals surface area contributed by atoms with E-state index in [0.717, 1.165) is 38.1 Å². The lowest BCUT2D eigenvalue weighted by atomic mass is 10.00. The lowest BCUT2D eigenvalue weighted by Gasteiger charge is -2.31. The molecule has 2 amide bonds. The van der Waals surface area contributed by atoms with E-state index in [1.165, 1.54) is 6.07 Å². The summed E-state index contributed by atoms with van der Waals surface area (Å²) in [7, 11) is 0. The van der Waals surface area contributed by atoms with Gasteiger partial charge in [-0.25, -0.2) is 13.6 Å². The Morgan fingerprint density at radius 1 is 1.41 bits per heavy atom. The summed E-state index contributed by atoms with van der Waals surface area (Å²) in [5.74, 6) is -0.755. The number of carbonyl (C=O) groups is 1. The van der Waals surface area contributed by atoms with Gasteiger partial charge in [-0.15, -0.1) is 0 Å². The second-order valence-corrected chi connectivity index (χ2v) is 5.91. The predicted octanol–water partition coefficient (Wildman–Crippen LogP) is 3.17. The van der Waals surface area contributed by atoms with Crippen LogP contribution in [-0.4, -0.2) is 36.7 Å². The normalized spacial score (nSPS) is 17.2. The Hall–Kier alpha value is -1.85. The van der Waals surface area contributed by atoms with E-state index in [4.69, 9.17) is 4.74 Å². The zero-order valence-electron chi connectivity index (χ0n) is 12.9. The first-order chi connectivity index (χ1) is 10.5. The van der Waals surface area contributed by atoms with Gasteiger partial charge < -0.3 is 15.0 Å². The number of hydrogen-bond acceptors (Lipinski definition) is 2. The third-order valence-electron chi connectivity index (χ3n) is 3.82. The molecule has 1 fully saturated rings. The highest BCUT2D eigenvalue weighted by atomic mass is 19.1. The molecule has 0 radical (unpaired) electrons. The molecule has 1 unspecified atom stereocenters. The van der Waals surface area contributed by atoms with Crippen LogP contribution in [0.5, 0.6) is 5.75 Å². The van der Waals surface area contributed by atoms with E-state index >= 15 is 0 Å². The summed E-state index contributed by atoms with van der Waals surface area (Å²) >= 11 is 0. The molecule has 4 nitrogen and oxygen atoms in total. The minimum Gasteiger partial charge on any atom is -0.488 e. The zero-order valence-corrected chi connectivity index (χ0v) is 12.9. The molecule has 122 valence electrons. The van der Waals surface area contributed by atoms with Gasteiger partial charge in [-0.1, -0.05) is 6.92 Å². The van der Waals surface area contributed by atoms with E-state index in [9.17, 15) is 13.6 Å². The fraction of sp³-hybridized carbons (Fsp3) is 0.562. The highest BCUT2D eigenvalue weighted by molar-refractivity contribution is 5.74. The van der Waals surface area contributed by atoms with Crippen molar-refractivity contribution in [1.82, 2.24) is 10.2 Å². The van der Waals surface area contributed by atoms with Crippen molar-refractivity contribution in [3.8, 4) is 5.75 Å². The third-order valence-corrected chi connectivity index (χ3v) is 3.82. The SMILES string of the molecule is CC1CCN(C(=O)NC(C)COc2ccc(F)cc2F)CC1. The average Bonchev–Trinajstić information content (AvgIpc) is 2.47. The summed E-state index contributed by atoms with van der Waals surface area (Å²) in [4.78, 5) is 13.9. The molecule has 6 heteroatoms. The molecular weight excluding hydrogens is 290 g/mol. The van der Waals surface area contributed by atoms with Gasteiger partial charge in [-0.3, -0.25) is 0 Å². The van der Waals surface area contributed by atoms with Crippen molar-refractivity contribution in [3.05, 3.63) is 29.8 Å². The molecule has 0 aromatic heterocycles. The van der Waals surface area contributed by atoms with Crippen molar-refractivity contribution in [2.75, 3.05) is 19.7 Å². The first-order valence-electron chi connectivity index (χ1n) is 7.59. The Balaban J connectivity index is 1.77. The van der Waals surface area contributed by atoms with Gasteiger partial charge in [0.05, 0.1) is 6.04 Å². The molecule has 1 aromatic rings. The minimum absolute atomic E-state index is 0.0192. The number of ether oxygens (including phenoxy) is 1. The van der Waals surface area contributed by atoms with Crippen LogP contribution in [0.3, 0.4) is 0 Å². The van der Waals surface area contributed by atoms with Crippen molar-refractivity contribution >= 4 is 6.03 Å². The second-order valence-electron chi connectivity index (χ2n) is 5.91. The maximum atomic E-state index is 13.4. The highest BCUT2D eigenvalue weighted by Crippen LogP contribution is 2.18. The fourth-order valence-electron chi connectivity index (χ4n) is 2.36. The quantitative estimate of drug-likeness (QED) is 0.928. The average molecular weight is 312 g/mol. The van der Waals surface area contributed by atoms with E-state index in [1.54, 1.807) is 11.8 Å². The van der Waals surface area contributed by atoms with Gasteiger partial charge in [-0.2, -0.15) is 0 Å². The van der Waals surface area contributed by atoms with Gasteiger partial charge in [-0.05, 0) is 37.8 Å². The Morgan fingerprint density at radius 2 is 2.09 bits per heavy atom. The van der Waals surface area contributed by atoms with Gasteiger partial charge in [0.25, 0.3) is 0 Å². The summed E-state index contributed by atoms with van der Waals surface area (Å²) in [6.07, 6.45) is 2.03. The van der Waals surface area contributed by atoms with Crippen LogP contribution in [-0.2, 0) is 0 Å². The van der Waals surface area contributed by atoms with Gasteiger partial charge in [0.1, 0.15) is 12.4 Å². The number of rotatable bonds is 4. The fourth-order valence-corrected chi connectivity index (χ4v) is 2.36.